The van der Waals surface area contributed by atoms with Crippen molar-refractivity contribution in [2.75, 3.05) is 26.2 Å². The molecular weight excluding hydrogens is 216 g/mol. The van der Waals surface area contributed by atoms with Crippen molar-refractivity contribution in [3.63, 3.8) is 0 Å². The Morgan fingerprint density at radius 1 is 1.35 bits per heavy atom. The van der Waals surface area contributed by atoms with Gasteiger partial charge in [-0.3, -0.25) is 9.69 Å². The van der Waals surface area contributed by atoms with E-state index in [-0.39, 0.29) is 12.5 Å². The number of aliphatic hydroxyl groups is 1. The second-order valence-electron chi connectivity index (χ2n) is 5.19. The smallest absolute Gasteiger partial charge is 0.220 e. The summed E-state index contributed by atoms with van der Waals surface area (Å²) >= 11 is 0. The molecule has 1 fully saturated rings. The third kappa shape index (κ3) is 5.04. The summed E-state index contributed by atoms with van der Waals surface area (Å²) in [6.07, 6.45) is 3.55. The lowest BCUT2D eigenvalue weighted by atomic mass is 10.0. The third-order valence-corrected chi connectivity index (χ3v) is 3.45. The first-order chi connectivity index (χ1) is 8.15. The molecule has 0 saturated carbocycles. The maximum absolute atomic E-state index is 11.5. The van der Waals surface area contributed by atoms with Crippen molar-refractivity contribution in [1.29, 1.82) is 0 Å². The molecule has 2 N–H and O–H groups in total. The highest BCUT2D eigenvalue weighted by Gasteiger charge is 2.24. The molecule has 1 aliphatic rings. The van der Waals surface area contributed by atoms with Gasteiger partial charge >= 0.3 is 0 Å². The Balaban J connectivity index is 2.31. The molecular formula is C13H26N2O2. The molecule has 0 aromatic rings. The zero-order valence-electron chi connectivity index (χ0n) is 11.1. The van der Waals surface area contributed by atoms with E-state index in [0.717, 1.165) is 19.6 Å². The van der Waals surface area contributed by atoms with Gasteiger partial charge in [0.1, 0.15) is 0 Å². The fourth-order valence-corrected chi connectivity index (χ4v) is 2.41. The van der Waals surface area contributed by atoms with Gasteiger partial charge in [-0.2, -0.15) is 0 Å². The largest absolute Gasteiger partial charge is 0.396 e. The topological polar surface area (TPSA) is 52.6 Å². The number of nitrogens with zero attached hydrogens (tertiary/aromatic N) is 1. The zero-order chi connectivity index (χ0) is 12.7. The van der Waals surface area contributed by atoms with Crippen LogP contribution in [0.1, 0.15) is 39.5 Å². The summed E-state index contributed by atoms with van der Waals surface area (Å²) in [5, 5.41) is 11.6. The molecule has 0 radical (unpaired) electrons. The lowest BCUT2D eigenvalue weighted by molar-refractivity contribution is -0.121. The van der Waals surface area contributed by atoms with Crippen LogP contribution in [0, 0.1) is 5.92 Å². The lowest BCUT2D eigenvalue weighted by Gasteiger charge is -2.31. The van der Waals surface area contributed by atoms with Crippen LogP contribution in [0.3, 0.4) is 0 Å². The van der Waals surface area contributed by atoms with Crippen LogP contribution in [0.25, 0.3) is 0 Å². The van der Waals surface area contributed by atoms with Crippen LogP contribution >= 0.6 is 0 Å². The average Bonchev–Trinajstić information content (AvgIpc) is 2.79. The minimum atomic E-state index is 0.0592. The van der Waals surface area contributed by atoms with Crippen molar-refractivity contribution in [3.05, 3.63) is 0 Å². The van der Waals surface area contributed by atoms with Crippen molar-refractivity contribution in [1.82, 2.24) is 10.2 Å². The molecule has 1 rings (SSSR count). The number of aliphatic hydroxyl groups excluding tert-OH is 1. The number of carbonyl (C=O) groups excluding carboxylic acids is 1. The van der Waals surface area contributed by atoms with Crippen molar-refractivity contribution < 1.29 is 9.90 Å². The lowest BCUT2D eigenvalue weighted by Crippen LogP contribution is -2.45. The molecule has 0 aromatic heterocycles. The maximum Gasteiger partial charge on any atom is 0.220 e. The Kier molecular flexibility index (Phi) is 6.52. The molecule has 0 bridgehead atoms. The summed E-state index contributed by atoms with van der Waals surface area (Å²) in [5.74, 6) is 0.620. The van der Waals surface area contributed by atoms with Gasteiger partial charge in [0.15, 0.2) is 0 Å². The molecule has 1 amide bonds. The van der Waals surface area contributed by atoms with Gasteiger partial charge in [-0.1, -0.05) is 13.8 Å². The van der Waals surface area contributed by atoms with Gasteiger partial charge in [0.05, 0.1) is 0 Å². The summed E-state index contributed by atoms with van der Waals surface area (Å²) in [5.41, 5.74) is 0. The standard InChI is InChI=1S/C13H26N2O2/c1-11(2)12(15-7-3-4-8-15)10-14-13(17)6-5-9-16/h11-12,16H,3-10H2,1-2H3,(H,14,17). The van der Waals surface area contributed by atoms with E-state index in [1.807, 2.05) is 0 Å². The number of carbonyl (C=O) groups is 1. The molecule has 0 aromatic carbocycles. The summed E-state index contributed by atoms with van der Waals surface area (Å²) in [4.78, 5) is 14.0. The summed E-state index contributed by atoms with van der Waals surface area (Å²) in [6.45, 7) is 7.57. The molecule has 100 valence electrons. The monoisotopic (exact) mass is 242 g/mol. The van der Waals surface area contributed by atoms with Crippen molar-refractivity contribution in [3.8, 4) is 0 Å². The second kappa shape index (κ2) is 7.67. The third-order valence-electron chi connectivity index (χ3n) is 3.45. The van der Waals surface area contributed by atoms with Gasteiger partial charge in [-0.15, -0.1) is 0 Å². The van der Waals surface area contributed by atoms with Crippen LogP contribution in [0.2, 0.25) is 0 Å². The predicted octanol–water partition coefficient (Wildman–Crippen LogP) is 0.995. The van der Waals surface area contributed by atoms with Gasteiger partial charge in [0, 0.05) is 25.6 Å². The van der Waals surface area contributed by atoms with E-state index in [0.29, 0.717) is 24.8 Å². The van der Waals surface area contributed by atoms with E-state index in [4.69, 9.17) is 5.11 Å². The van der Waals surface area contributed by atoms with Gasteiger partial charge in [-0.25, -0.2) is 0 Å². The first-order valence-electron chi connectivity index (χ1n) is 6.76. The highest BCUT2D eigenvalue weighted by atomic mass is 16.3. The number of likely N-dealkylation sites (tertiary alicyclic amines) is 1. The van der Waals surface area contributed by atoms with Crippen molar-refractivity contribution in [2.45, 2.75) is 45.6 Å². The molecule has 1 heterocycles. The Labute approximate surface area is 104 Å². The van der Waals surface area contributed by atoms with E-state index in [1.165, 1.54) is 12.8 Å². The zero-order valence-corrected chi connectivity index (χ0v) is 11.1. The van der Waals surface area contributed by atoms with Crippen LogP contribution in [0.15, 0.2) is 0 Å². The quantitative estimate of drug-likeness (QED) is 0.700. The van der Waals surface area contributed by atoms with Crippen molar-refractivity contribution >= 4 is 5.91 Å². The first kappa shape index (κ1) is 14.5. The van der Waals surface area contributed by atoms with Crippen LogP contribution in [0.5, 0.6) is 0 Å². The van der Waals surface area contributed by atoms with Gasteiger partial charge in [0.25, 0.3) is 0 Å². The van der Waals surface area contributed by atoms with Crippen LogP contribution in [-0.4, -0.2) is 48.2 Å². The van der Waals surface area contributed by atoms with E-state index in [2.05, 4.69) is 24.1 Å². The normalized spacial score (nSPS) is 18.6. The molecule has 1 atom stereocenters. The number of rotatable bonds is 7. The van der Waals surface area contributed by atoms with Crippen LogP contribution in [-0.2, 0) is 4.79 Å². The summed E-state index contributed by atoms with van der Waals surface area (Å²) in [7, 11) is 0. The highest BCUT2D eigenvalue weighted by Crippen LogP contribution is 2.17. The Morgan fingerprint density at radius 3 is 2.53 bits per heavy atom. The highest BCUT2D eigenvalue weighted by molar-refractivity contribution is 5.75. The first-order valence-corrected chi connectivity index (χ1v) is 6.76. The summed E-state index contributed by atoms with van der Waals surface area (Å²) < 4.78 is 0. The molecule has 1 unspecified atom stereocenters. The van der Waals surface area contributed by atoms with Gasteiger partial charge in [-0.05, 0) is 38.3 Å². The fourth-order valence-electron chi connectivity index (χ4n) is 2.41. The Hall–Kier alpha value is -0.610. The minimum Gasteiger partial charge on any atom is -0.396 e. The summed E-state index contributed by atoms with van der Waals surface area (Å²) in [6, 6.07) is 0.454. The second-order valence-corrected chi connectivity index (χ2v) is 5.19. The number of hydrogen-bond acceptors (Lipinski definition) is 3. The Morgan fingerprint density at radius 2 is 2.00 bits per heavy atom. The van der Waals surface area contributed by atoms with Crippen molar-refractivity contribution in [2.24, 2.45) is 5.92 Å². The van der Waals surface area contributed by atoms with E-state index in [9.17, 15) is 4.79 Å². The van der Waals surface area contributed by atoms with Crippen LogP contribution < -0.4 is 5.32 Å². The molecule has 4 heteroatoms. The molecule has 1 aliphatic heterocycles. The maximum atomic E-state index is 11.5. The molecule has 1 saturated heterocycles. The molecule has 0 aliphatic carbocycles. The fraction of sp³-hybridized carbons (Fsp3) is 0.923. The number of nitrogens with one attached hydrogen (secondary N) is 1. The average molecular weight is 242 g/mol. The van der Waals surface area contributed by atoms with E-state index >= 15 is 0 Å². The number of hydrogen-bond donors (Lipinski definition) is 2. The minimum absolute atomic E-state index is 0.0592. The predicted molar refractivity (Wildman–Crippen MR) is 68.8 cm³/mol. The van der Waals surface area contributed by atoms with Crippen LogP contribution in [0.4, 0.5) is 0 Å². The molecule has 4 nitrogen and oxygen atoms in total. The molecule has 0 spiro atoms. The van der Waals surface area contributed by atoms with E-state index < -0.39 is 0 Å². The number of amides is 1. The Bertz CT molecular complexity index is 225. The van der Waals surface area contributed by atoms with Gasteiger partial charge < -0.3 is 10.4 Å². The van der Waals surface area contributed by atoms with Gasteiger partial charge in [0.2, 0.25) is 5.91 Å². The van der Waals surface area contributed by atoms with E-state index in [1.54, 1.807) is 0 Å². The molecule has 17 heavy (non-hydrogen) atoms. The SMILES string of the molecule is CC(C)C(CNC(=O)CCCO)N1CCCC1.